The Hall–Kier alpha value is -0.760. The van der Waals surface area contributed by atoms with Gasteiger partial charge in [-0.2, -0.15) is 0 Å². The van der Waals surface area contributed by atoms with E-state index in [1.165, 1.54) is 19.3 Å². The van der Waals surface area contributed by atoms with Crippen molar-refractivity contribution in [1.29, 1.82) is 0 Å². The van der Waals surface area contributed by atoms with Crippen molar-refractivity contribution in [2.45, 2.75) is 32.7 Å². The van der Waals surface area contributed by atoms with Crippen molar-refractivity contribution in [3.8, 4) is 0 Å². The summed E-state index contributed by atoms with van der Waals surface area (Å²) >= 11 is 0. The summed E-state index contributed by atoms with van der Waals surface area (Å²) in [6, 6.07) is 4.05. The van der Waals surface area contributed by atoms with E-state index in [4.69, 9.17) is 4.42 Å². The molecule has 1 heterocycles. The molecule has 1 saturated carbocycles. The maximum Gasteiger partial charge on any atom is 0.117 e. The zero-order valence-electron chi connectivity index (χ0n) is 8.18. The highest BCUT2D eigenvalue weighted by atomic mass is 16.3. The first-order chi connectivity index (χ1) is 6.34. The molecule has 0 amide bonds. The van der Waals surface area contributed by atoms with Crippen LogP contribution in [-0.4, -0.2) is 6.54 Å². The van der Waals surface area contributed by atoms with Crippen LogP contribution in [0.5, 0.6) is 0 Å². The summed E-state index contributed by atoms with van der Waals surface area (Å²) in [5, 5.41) is 3.39. The second-order valence-corrected chi connectivity index (χ2v) is 3.92. The Morgan fingerprint density at radius 2 is 2.31 bits per heavy atom. The predicted octanol–water partition coefficient (Wildman–Crippen LogP) is 2.48. The zero-order valence-corrected chi connectivity index (χ0v) is 8.18. The molecule has 0 aliphatic heterocycles. The summed E-state index contributed by atoms with van der Waals surface area (Å²) in [5.74, 6) is 3.07. The van der Waals surface area contributed by atoms with E-state index in [2.05, 4.69) is 5.32 Å². The highest BCUT2D eigenvalue weighted by Gasteiger charge is 2.19. The molecule has 1 N–H and O–H groups in total. The van der Waals surface area contributed by atoms with Gasteiger partial charge in [0.05, 0.1) is 6.54 Å². The summed E-state index contributed by atoms with van der Waals surface area (Å²) in [6.45, 7) is 3.98. The summed E-state index contributed by atoms with van der Waals surface area (Å²) < 4.78 is 5.44. The molecule has 0 radical (unpaired) electrons. The fraction of sp³-hybridized carbons (Fsp3) is 0.636. The molecule has 1 aromatic rings. The first kappa shape index (κ1) is 8.82. The molecular weight excluding hydrogens is 162 g/mol. The van der Waals surface area contributed by atoms with Crippen molar-refractivity contribution in [2.24, 2.45) is 5.92 Å². The van der Waals surface area contributed by atoms with Gasteiger partial charge >= 0.3 is 0 Å². The van der Waals surface area contributed by atoms with Crippen LogP contribution in [0.2, 0.25) is 0 Å². The molecule has 2 heteroatoms. The van der Waals surface area contributed by atoms with Crippen LogP contribution in [0.25, 0.3) is 0 Å². The van der Waals surface area contributed by atoms with Crippen LogP contribution in [0, 0.1) is 12.8 Å². The van der Waals surface area contributed by atoms with E-state index in [9.17, 15) is 0 Å². The van der Waals surface area contributed by atoms with Gasteiger partial charge in [-0.1, -0.05) is 12.8 Å². The Kier molecular flexibility index (Phi) is 2.69. The predicted molar refractivity (Wildman–Crippen MR) is 52.5 cm³/mol. The van der Waals surface area contributed by atoms with Gasteiger partial charge in [-0.05, 0) is 37.9 Å². The standard InChI is InChI=1S/C11H17NO/c1-9-2-5-11(13-9)8-12-7-6-10-3-4-10/h2,5,10,12H,3-4,6-8H2,1H3. The van der Waals surface area contributed by atoms with Crippen molar-refractivity contribution in [1.82, 2.24) is 5.32 Å². The van der Waals surface area contributed by atoms with Gasteiger partial charge in [-0.15, -0.1) is 0 Å². The largest absolute Gasteiger partial charge is 0.465 e. The molecular formula is C11H17NO. The molecule has 0 aromatic carbocycles. The normalized spacial score (nSPS) is 16.4. The van der Waals surface area contributed by atoms with Gasteiger partial charge in [-0.3, -0.25) is 0 Å². The van der Waals surface area contributed by atoms with E-state index in [1.54, 1.807) is 0 Å². The zero-order chi connectivity index (χ0) is 9.10. The molecule has 1 aromatic heterocycles. The highest BCUT2D eigenvalue weighted by molar-refractivity contribution is 5.05. The van der Waals surface area contributed by atoms with Gasteiger partial charge in [0.1, 0.15) is 11.5 Å². The summed E-state index contributed by atoms with van der Waals surface area (Å²) in [4.78, 5) is 0. The minimum Gasteiger partial charge on any atom is -0.465 e. The van der Waals surface area contributed by atoms with E-state index in [-0.39, 0.29) is 0 Å². The fourth-order valence-corrected chi connectivity index (χ4v) is 1.50. The SMILES string of the molecule is Cc1ccc(CNCCC2CC2)o1. The van der Waals surface area contributed by atoms with Crippen molar-refractivity contribution >= 4 is 0 Å². The van der Waals surface area contributed by atoms with Crippen LogP contribution in [0.1, 0.15) is 30.8 Å². The second-order valence-electron chi connectivity index (χ2n) is 3.92. The number of nitrogens with one attached hydrogen (secondary N) is 1. The molecule has 0 unspecified atom stereocenters. The van der Waals surface area contributed by atoms with Gasteiger partial charge < -0.3 is 9.73 Å². The summed E-state index contributed by atoms with van der Waals surface area (Å²) in [5.41, 5.74) is 0. The van der Waals surface area contributed by atoms with Crippen LogP contribution in [-0.2, 0) is 6.54 Å². The Balaban J connectivity index is 1.61. The minimum atomic E-state index is 0.876. The fourth-order valence-electron chi connectivity index (χ4n) is 1.50. The van der Waals surface area contributed by atoms with Gasteiger partial charge in [0, 0.05) is 0 Å². The second kappa shape index (κ2) is 3.97. The smallest absolute Gasteiger partial charge is 0.117 e. The number of rotatable bonds is 5. The third-order valence-electron chi connectivity index (χ3n) is 2.52. The quantitative estimate of drug-likeness (QED) is 0.702. The van der Waals surface area contributed by atoms with Crippen molar-refractivity contribution in [3.05, 3.63) is 23.7 Å². The maximum absolute atomic E-state index is 5.44. The van der Waals surface area contributed by atoms with Crippen molar-refractivity contribution < 1.29 is 4.42 Å². The van der Waals surface area contributed by atoms with Crippen LogP contribution in [0.4, 0.5) is 0 Å². The van der Waals surface area contributed by atoms with Crippen LogP contribution in [0.15, 0.2) is 16.5 Å². The molecule has 1 aliphatic rings. The molecule has 2 rings (SSSR count). The van der Waals surface area contributed by atoms with Crippen molar-refractivity contribution in [2.75, 3.05) is 6.54 Å². The van der Waals surface area contributed by atoms with E-state index < -0.39 is 0 Å². The molecule has 0 spiro atoms. The molecule has 72 valence electrons. The average molecular weight is 179 g/mol. The van der Waals surface area contributed by atoms with Crippen LogP contribution in [0.3, 0.4) is 0 Å². The van der Waals surface area contributed by atoms with E-state index in [0.717, 1.165) is 30.5 Å². The first-order valence-corrected chi connectivity index (χ1v) is 5.10. The van der Waals surface area contributed by atoms with E-state index >= 15 is 0 Å². The molecule has 0 bridgehead atoms. The van der Waals surface area contributed by atoms with Crippen LogP contribution >= 0.6 is 0 Å². The molecule has 0 saturated heterocycles. The van der Waals surface area contributed by atoms with E-state index in [1.807, 2.05) is 19.1 Å². The average Bonchev–Trinajstić information content (AvgIpc) is 2.84. The third kappa shape index (κ3) is 2.88. The lowest BCUT2D eigenvalue weighted by atomic mass is 10.3. The first-order valence-electron chi connectivity index (χ1n) is 5.10. The van der Waals surface area contributed by atoms with Crippen LogP contribution < -0.4 is 5.32 Å². The third-order valence-corrected chi connectivity index (χ3v) is 2.52. The molecule has 1 aliphatic carbocycles. The minimum absolute atomic E-state index is 0.876. The number of hydrogen-bond acceptors (Lipinski definition) is 2. The highest BCUT2D eigenvalue weighted by Crippen LogP contribution is 2.31. The van der Waals surface area contributed by atoms with E-state index in [0.29, 0.717) is 0 Å². The Labute approximate surface area is 79.3 Å². The monoisotopic (exact) mass is 179 g/mol. The number of aryl methyl sites for hydroxylation is 1. The Morgan fingerprint density at radius 3 is 2.92 bits per heavy atom. The Bertz CT molecular complexity index is 263. The molecule has 0 atom stereocenters. The Morgan fingerprint density at radius 1 is 1.46 bits per heavy atom. The lowest BCUT2D eigenvalue weighted by molar-refractivity contribution is 0.458. The summed E-state index contributed by atoms with van der Waals surface area (Å²) in [6.07, 6.45) is 4.22. The lowest BCUT2D eigenvalue weighted by Crippen LogP contribution is -2.14. The van der Waals surface area contributed by atoms with Gasteiger partial charge in [-0.25, -0.2) is 0 Å². The molecule has 13 heavy (non-hydrogen) atoms. The van der Waals surface area contributed by atoms with Crippen molar-refractivity contribution in [3.63, 3.8) is 0 Å². The lowest BCUT2D eigenvalue weighted by Gasteiger charge is -2.00. The van der Waals surface area contributed by atoms with Gasteiger partial charge in [0.2, 0.25) is 0 Å². The maximum atomic E-state index is 5.44. The topological polar surface area (TPSA) is 25.2 Å². The summed E-state index contributed by atoms with van der Waals surface area (Å²) in [7, 11) is 0. The number of hydrogen-bond donors (Lipinski definition) is 1. The van der Waals surface area contributed by atoms with Gasteiger partial charge in [0.15, 0.2) is 0 Å². The molecule has 2 nitrogen and oxygen atoms in total. The molecule has 1 fully saturated rings. The van der Waals surface area contributed by atoms with Gasteiger partial charge in [0.25, 0.3) is 0 Å². The number of furan rings is 1.